The van der Waals surface area contributed by atoms with Gasteiger partial charge in [0.15, 0.2) is 0 Å². The van der Waals surface area contributed by atoms with E-state index in [1.165, 1.54) is 24.5 Å². The Bertz CT molecular complexity index is 2030. The van der Waals surface area contributed by atoms with Crippen LogP contribution in [0.25, 0.3) is 5.57 Å². The van der Waals surface area contributed by atoms with E-state index in [0.29, 0.717) is 23.1 Å². The first-order valence-corrected chi connectivity index (χ1v) is 18.7. The van der Waals surface area contributed by atoms with Crippen LogP contribution in [0.5, 0.6) is 11.5 Å². The second-order valence-electron chi connectivity index (χ2n) is 12.8. The van der Waals surface area contributed by atoms with Crippen molar-refractivity contribution in [2.45, 2.75) is 45.0 Å². The molecule has 4 aromatic carbocycles. The molecular weight excluding hydrogens is 679 g/mol. The van der Waals surface area contributed by atoms with E-state index in [1.807, 2.05) is 41.3 Å². The van der Waals surface area contributed by atoms with Crippen LogP contribution in [0.2, 0.25) is 0 Å². The van der Waals surface area contributed by atoms with Crippen LogP contribution in [0, 0.1) is 10.1 Å². The molecule has 1 N–H and O–H groups in total. The number of rotatable bonds is 13. The van der Waals surface area contributed by atoms with Gasteiger partial charge in [0, 0.05) is 13.0 Å². The number of para-hydroxylation sites is 2. The second kappa shape index (κ2) is 15.8. The SMILES string of the molecule is O=[N+]([O-])c1ccc(CN2/C(=N\P(=O)(Oc3ccccc3)Oc3ccccc3)CC(c3ccc(CO)cc3)=CC2c2ccc(CN3CCCC3)cc2)o1. The van der Waals surface area contributed by atoms with Gasteiger partial charge in [-0.3, -0.25) is 15.0 Å². The zero-order valence-corrected chi connectivity index (χ0v) is 29.4. The topological polar surface area (TPSA) is 131 Å². The van der Waals surface area contributed by atoms with Gasteiger partial charge in [-0.25, -0.2) is 4.57 Å². The van der Waals surface area contributed by atoms with Crippen LogP contribution < -0.4 is 9.05 Å². The van der Waals surface area contributed by atoms with Crippen molar-refractivity contribution >= 4 is 25.0 Å². The summed E-state index contributed by atoms with van der Waals surface area (Å²) in [6, 6.07) is 35.9. The fourth-order valence-corrected chi connectivity index (χ4v) is 7.88. The van der Waals surface area contributed by atoms with E-state index in [4.69, 9.17) is 18.2 Å². The van der Waals surface area contributed by atoms with Crippen LogP contribution in [0.1, 0.15) is 53.3 Å². The predicted molar refractivity (Wildman–Crippen MR) is 199 cm³/mol. The molecule has 2 aliphatic rings. The maximum absolute atomic E-state index is 14.9. The Labute approximate surface area is 302 Å². The third kappa shape index (κ3) is 8.51. The van der Waals surface area contributed by atoms with Gasteiger partial charge >= 0.3 is 13.6 Å². The van der Waals surface area contributed by atoms with Gasteiger partial charge in [-0.05, 0) is 84.1 Å². The molecule has 12 heteroatoms. The summed E-state index contributed by atoms with van der Waals surface area (Å²) in [6.45, 7) is 3.04. The molecule has 0 spiro atoms. The minimum absolute atomic E-state index is 0.0801. The summed E-state index contributed by atoms with van der Waals surface area (Å²) in [6.07, 6.45) is 4.77. The van der Waals surface area contributed by atoms with Crippen molar-refractivity contribution in [2.75, 3.05) is 13.1 Å². The predicted octanol–water partition coefficient (Wildman–Crippen LogP) is 8.97. The maximum atomic E-state index is 14.9. The molecule has 11 nitrogen and oxygen atoms in total. The molecule has 1 unspecified atom stereocenters. The summed E-state index contributed by atoms with van der Waals surface area (Å²) in [5, 5.41) is 21.3. The summed E-state index contributed by atoms with van der Waals surface area (Å²) in [5.41, 5.74) is 4.71. The Morgan fingerprint density at radius 2 is 1.42 bits per heavy atom. The van der Waals surface area contributed by atoms with E-state index in [9.17, 15) is 19.8 Å². The van der Waals surface area contributed by atoms with Crippen molar-refractivity contribution in [3.05, 3.63) is 166 Å². The molecule has 7 rings (SSSR count). The highest BCUT2D eigenvalue weighted by molar-refractivity contribution is 7.53. The smallest absolute Gasteiger partial charge is 0.404 e. The lowest BCUT2D eigenvalue weighted by atomic mass is 9.90. The number of amidine groups is 1. The highest BCUT2D eigenvalue weighted by atomic mass is 31.2. The molecule has 0 amide bonds. The number of likely N-dealkylation sites (tertiary alicyclic amines) is 1. The van der Waals surface area contributed by atoms with Gasteiger partial charge in [0.05, 0.1) is 25.3 Å². The fourth-order valence-electron chi connectivity index (χ4n) is 6.52. The molecule has 0 radical (unpaired) electrons. The standard InChI is InChI=1S/C40H39N4O7P/c45-29-31-15-17-32(18-16-31)34-25-38(33-19-13-30(14-20-33)27-42-23-7-8-24-42)43(28-37-21-22-40(49-37)44(46)47)39(26-34)41-52(48,50-35-9-3-1-4-10-35)51-36-11-5-2-6-12-36/h1-6,9-22,25,38,45H,7-8,23-24,26-29H2/b41-39-. The van der Waals surface area contributed by atoms with Crippen LogP contribution in [0.15, 0.2) is 137 Å². The van der Waals surface area contributed by atoms with Gasteiger partial charge in [-0.15, -0.1) is 4.76 Å². The van der Waals surface area contributed by atoms with E-state index in [1.54, 1.807) is 54.6 Å². The van der Waals surface area contributed by atoms with Gasteiger partial charge in [-0.2, -0.15) is 0 Å². The Hall–Kier alpha value is -5.48. The van der Waals surface area contributed by atoms with Crippen molar-refractivity contribution in [1.29, 1.82) is 0 Å². The number of aliphatic hydroxyl groups is 1. The average molecular weight is 719 g/mol. The first kappa shape index (κ1) is 34.9. The Morgan fingerprint density at radius 1 is 0.808 bits per heavy atom. The zero-order chi connectivity index (χ0) is 35.9. The summed E-state index contributed by atoms with van der Waals surface area (Å²) in [5.74, 6) is 0.969. The highest BCUT2D eigenvalue weighted by Gasteiger charge is 2.36. The Kier molecular flexibility index (Phi) is 10.6. The number of hydrogen-bond acceptors (Lipinski definition) is 8. The summed E-state index contributed by atoms with van der Waals surface area (Å²) >= 11 is 0. The molecule has 52 heavy (non-hydrogen) atoms. The molecule has 1 fully saturated rings. The quantitative estimate of drug-likeness (QED) is 0.0720. The molecule has 0 aliphatic carbocycles. The lowest BCUT2D eigenvalue weighted by Gasteiger charge is -2.37. The number of nitro groups is 1. The molecule has 1 atom stereocenters. The van der Waals surface area contributed by atoms with Crippen molar-refractivity contribution in [3.8, 4) is 11.5 Å². The van der Waals surface area contributed by atoms with Crippen molar-refractivity contribution in [1.82, 2.24) is 9.80 Å². The van der Waals surface area contributed by atoms with Crippen molar-refractivity contribution in [3.63, 3.8) is 0 Å². The normalized spacial score (nSPS) is 17.2. The van der Waals surface area contributed by atoms with E-state index < -0.39 is 18.7 Å². The number of benzene rings is 4. The monoisotopic (exact) mass is 718 g/mol. The molecule has 1 aromatic heterocycles. The second-order valence-corrected chi connectivity index (χ2v) is 14.3. The first-order chi connectivity index (χ1) is 25.3. The minimum Gasteiger partial charge on any atom is -0.404 e. The van der Waals surface area contributed by atoms with Gasteiger partial charge in [0.1, 0.15) is 28.0 Å². The number of furan rings is 1. The van der Waals surface area contributed by atoms with Crippen LogP contribution in [-0.2, 0) is 24.3 Å². The summed E-state index contributed by atoms with van der Waals surface area (Å²) < 4.78 is 37.5. The van der Waals surface area contributed by atoms with Crippen LogP contribution in [0.4, 0.5) is 5.88 Å². The maximum Gasteiger partial charge on any atom is 0.564 e. The lowest BCUT2D eigenvalue weighted by Crippen LogP contribution is -2.37. The van der Waals surface area contributed by atoms with E-state index in [-0.39, 0.29) is 25.5 Å². The summed E-state index contributed by atoms with van der Waals surface area (Å²) in [7, 11) is -4.32. The lowest BCUT2D eigenvalue weighted by molar-refractivity contribution is -0.402. The van der Waals surface area contributed by atoms with E-state index in [2.05, 4.69) is 35.2 Å². The van der Waals surface area contributed by atoms with Crippen LogP contribution in [-0.4, -0.2) is 38.8 Å². The molecule has 0 saturated carbocycles. The molecular formula is C40H39N4O7P. The van der Waals surface area contributed by atoms with Crippen LogP contribution >= 0.6 is 7.75 Å². The molecule has 5 aromatic rings. The number of hydrogen-bond donors (Lipinski definition) is 1. The molecule has 3 heterocycles. The molecule has 0 bridgehead atoms. The van der Waals surface area contributed by atoms with Gasteiger partial charge in [0.2, 0.25) is 0 Å². The molecule has 1 saturated heterocycles. The Balaban J connectivity index is 1.35. The average Bonchev–Trinajstić information content (AvgIpc) is 3.86. The number of aliphatic hydroxyl groups excluding tert-OH is 1. The minimum atomic E-state index is -4.32. The fraction of sp³-hybridized carbons (Fsp3) is 0.225. The van der Waals surface area contributed by atoms with E-state index >= 15 is 0 Å². The van der Waals surface area contributed by atoms with E-state index in [0.717, 1.165) is 41.9 Å². The van der Waals surface area contributed by atoms with Gasteiger partial charge in [0.25, 0.3) is 0 Å². The number of nitrogens with zero attached hydrogens (tertiary/aromatic N) is 4. The van der Waals surface area contributed by atoms with Crippen molar-refractivity contribution in [2.24, 2.45) is 4.76 Å². The van der Waals surface area contributed by atoms with Gasteiger partial charge in [-0.1, -0.05) is 91.0 Å². The highest BCUT2D eigenvalue weighted by Crippen LogP contribution is 2.52. The molecule has 2 aliphatic heterocycles. The molecule has 266 valence electrons. The third-order valence-corrected chi connectivity index (χ3v) is 10.5. The first-order valence-electron chi connectivity index (χ1n) is 17.2. The van der Waals surface area contributed by atoms with Crippen molar-refractivity contribution < 1.29 is 28.1 Å². The Morgan fingerprint density at radius 3 is 2.00 bits per heavy atom. The third-order valence-electron chi connectivity index (χ3n) is 9.13. The van der Waals surface area contributed by atoms with Gasteiger partial charge < -0.3 is 23.5 Å². The zero-order valence-electron chi connectivity index (χ0n) is 28.5. The summed E-state index contributed by atoms with van der Waals surface area (Å²) in [4.78, 5) is 15.4. The van der Waals surface area contributed by atoms with Crippen LogP contribution in [0.3, 0.4) is 0 Å². The largest absolute Gasteiger partial charge is 0.564 e.